The number of ether oxygens (including phenoxy) is 1. The van der Waals surface area contributed by atoms with E-state index in [1.807, 2.05) is 12.1 Å². The van der Waals surface area contributed by atoms with E-state index >= 15 is 0 Å². The summed E-state index contributed by atoms with van der Waals surface area (Å²) in [6.45, 7) is 1.79. The van der Waals surface area contributed by atoms with E-state index in [-0.39, 0.29) is 23.5 Å². The minimum absolute atomic E-state index is 0.0173. The molecule has 0 N–H and O–H groups in total. The summed E-state index contributed by atoms with van der Waals surface area (Å²) >= 11 is 0. The number of fused-ring (bicyclic) bond motifs is 1. The maximum Gasteiger partial charge on any atom is 0.258 e. The fourth-order valence-electron chi connectivity index (χ4n) is 3.76. The monoisotopic (exact) mass is 425 g/mol. The number of pyridine rings is 1. The van der Waals surface area contributed by atoms with Gasteiger partial charge in [0.05, 0.1) is 0 Å². The van der Waals surface area contributed by atoms with E-state index < -0.39 is 5.82 Å². The van der Waals surface area contributed by atoms with E-state index in [1.54, 1.807) is 62.6 Å². The second-order valence-corrected chi connectivity index (χ2v) is 7.57. The van der Waals surface area contributed by atoms with Crippen LogP contribution in [0.1, 0.15) is 11.1 Å². The second kappa shape index (κ2) is 8.52. The number of benzene rings is 3. The molecule has 0 saturated carbocycles. The van der Waals surface area contributed by atoms with Crippen LogP contribution in [0.5, 0.6) is 11.5 Å². The summed E-state index contributed by atoms with van der Waals surface area (Å²) in [4.78, 5) is 24.8. The number of ketones is 1. The smallest absolute Gasteiger partial charge is 0.258 e. The maximum atomic E-state index is 14.6. The first-order chi connectivity index (χ1) is 15.4. The largest absolute Gasteiger partial charge is 0.454 e. The molecule has 0 unspecified atom stereocenters. The lowest BCUT2D eigenvalue weighted by Gasteiger charge is -2.18. The Bertz CT molecular complexity index is 1460. The van der Waals surface area contributed by atoms with Crippen LogP contribution in [0, 0.1) is 25.1 Å². The molecule has 0 radical (unpaired) electrons. The van der Waals surface area contributed by atoms with E-state index in [9.17, 15) is 14.0 Å². The summed E-state index contributed by atoms with van der Waals surface area (Å²) < 4.78 is 22.0. The minimum Gasteiger partial charge on any atom is -0.454 e. The van der Waals surface area contributed by atoms with Crippen molar-refractivity contribution in [1.82, 2.24) is 4.57 Å². The highest BCUT2D eigenvalue weighted by Gasteiger charge is 2.19. The molecule has 0 bridgehead atoms. The number of carbonyl (C=O) groups excluding carboxylic acids is 1. The molecular weight excluding hydrogens is 405 g/mol. The maximum absolute atomic E-state index is 14.6. The molecule has 0 aliphatic rings. The molecule has 0 fully saturated rings. The number of rotatable bonds is 5. The summed E-state index contributed by atoms with van der Waals surface area (Å²) in [5, 5.41) is 1.23. The lowest BCUT2D eigenvalue weighted by atomic mass is 9.93. The molecule has 5 heteroatoms. The van der Waals surface area contributed by atoms with Crippen LogP contribution in [0.4, 0.5) is 4.39 Å². The lowest BCUT2D eigenvalue weighted by molar-refractivity contribution is -0.113. The van der Waals surface area contributed by atoms with Crippen LogP contribution in [0.2, 0.25) is 0 Å². The number of hydrogen-bond donors (Lipinski definition) is 0. The van der Waals surface area contributed by atoms with Crippen LogP contribution < -0.4 is 10.3 Å². The van der Waals surface area contributed by atoms with Gasteiger partial charge >= 0.3 is 0 Å². The molecule has 0 aliphatic heterocycles. The van der Waals surface area contributed by atoms with Crippen molar-refractivity contribution in [2.45, 2.75) is 13.3 Å². The molecule has 4 aromatic rings. The van der Waals surface area contributed by atoms with Crippen molar-refractivity contribution in [3.8, 4) is 35.0 Å². The van der Waals surface area contributed by atoms with Gasteiger partial charge in [0.25, 0.3) is 5.56 Å². The number of nitrogens with zero attached hydrogens (tertiary/aromatic N) is 1. The summed E-state index contributed by atoms with van der Waals surface area (Å²) in [5.74, 6) is 1.68. The number of aromatic nitrogens is 1. The van der Waals surface area contributed by atoms with Crippen molar-refractivity contribution in [3.05, 3.63) is 94.2 Å². The number of halogens is 1. The Hall–Kier alpha value is -4.17. The Morgan fingerprint density at radius 3 is 2.53 bits per heavy atom. The molecule has 158 valence electrons. The topological polar surface area (TPSA) is 48.3 Å². The average Bonchev–Trinajstić information content (AvgIpc) is 2.78. The molecular formula is C27H20FNO3. The van der Waals surface area contributed by atoms with Crippen molar-refractivity contribution in [1.29, 1.82) is 0 Å². The fraction of sp³-hybridized carbons (Fsp3) is 0.111. The molecule has 0 atom stereocenters. The summed E-state index contributed by atoms with van der Waals surface area (Å²) in [7, 11) is 1.66. The highest BCUT2D eigenvalue weighted by molar-refractivity contribution is 6.01. The van der Waals surface area contributed by atoms with Gasteiger partial charge in [-0.25, -0.2) is 4.39 Å². The van der Waals surface area contributed by atoms with Gasteiger partial charge < -0.3 is 9.30 Å². The first-order valence-electron chi connectivity index (χ1n) is 10.0. The summed E-state index contributed by atoms with van der Waals surface area (Å²) in [6.07, 6.45) is 6.99. The Morgan fingerprint density at radius 2 is 1.81 bits per heavy atom. The van der Waals surface area contributed by atoms with Crippen LogP contribution in [0.3, 0.4) is 0 Å². The van der Waals surface area contributed by atoms with Crippen molar-refractivity contribution < 1.29 is 13.9 Å². The Balaban J connectivity index is 2.01. The van der Waals surface area contributed by atoms with Crippen molar-refractivity contribution in [2.75, 3.05) is 0 Å². The normalized spacial score (nSPS) is 10.7. The van der Waals surface area contributed by atoms with Crippen molar-refractivity contribution in [3.63, 3.8) is 0 Å². The minimum atomic E-state index is -0.494. The summed E-state index contributed by atoms with van der Waals surface area (Å²) in [5.41, 5.74) is 2.52. The van der Waals surface area contributed by atoms with Gasteiger partial charge in [0.1, 0.15) is 5.75 Å². The predicted molar refractivity (Wildman–Crippen MR) is 123 cm³/mol. The Kier molecular flexibility index (Phi) is 5.61. The lowest BCUT2D eigenvalue weighted by Crippen LogP contribution is -2.17. The molecule has 0 aliphatic carbocycles. The molecule has 4 rings (SSSR count). The van der Waals surface area contributed by atoms with Crippen molar-refractivity contribution >= 4 is 16.6 Å². The molecule has 1 heterocycles. The van der Waals surface area contributed by atoms with Crippen LogP contribution in [-0.4, -0.2) is 10.4 Å². The standard InChI is InChI=1S/C27H20FNO3/c1-4-19(30)15-18-8-7-11-25(32-24-13-12-17(2)14-23(24)28)26(18)22-16-29(3)27(31)21-10-6-5-9-20(21)22/h1,5-14,16H,15H2,2-3H3. The van der Waals surface area contributed by atoms with E-state index in [4.69, 9.17) is 11.2 Å². The van der Waals surface area contributed by atoms with Gasteiger partial charge in [-0.15, -0.1) is 6.42 Å². The van der Waals surface area contributed by atoms with Crippen LogP contribution in [0.25, 0.3) is 21.9 Å². The van der Waals surface area contributed by atoms with E-state index in [0.717, 1.165) is 5.56 Å². The van der Waals surface area contributed by atoms with Crippen molar-refractivity contribution in [2.24, 2.45) is 7.05 Å². The average molecular weight is 425 g/mol. The quantitative estimate of drug-likeness (QED) is 0.327. The third-order valence-corrected chi connectivity index (χ3v) is 5.29. The Morgan fingerprint density at radius 1 is 1.06 bits per heavy atom. The van der Waals surface area contributed by atoms with Gasteiger partial charge in [-0.3, -0.25) is 9.59 Å². The molecule has 32 heavy (non-hydrogen) atoms. The Labute approximate surface area is 184 Å². The second-order valence-electron chi connectivity index (χ2n) is 7.57. The van der Waals surface area contributed by atoms with Gasteiger partial charge in [0, 0.05) is 36.2 Å². The zero-order valence-corrected chi connectivity index (χ0v) is 17.7. The molecule has 1 aromatic heterocycles. The van der Waals surface area contributed by atoms with Gasteiger partial charge in [0.15, 0.2) is 11.6 Å². The first kappa shape index (κ1) is 21.1. The number of Topliss-reactive ketones (excluding diaryl/α,β-unsaturated/α-hetero) is 1. The highest BCUT2D eigenvalue weighted by Crippen LogP contribution is 2.40. The first-order valence-corrected chi connectivity index (χ1v) is 10.0. The van der Waals surface area contributed by atoms with Gasteiger partial charge in [-0.1, -0.05) is 36.4 Å². The molecule has 4 nitrogen and oxygen atoms in total. The zero-order valence-electron chi connectivity index (χ0n) is 17.7. The van der Waals surface area contributed by atoms with Gasteiger partial charge in [-0.05, 0) is 53.6 Å². The van der Waals surface area contributed by atoms with Crippen LogP contribution >= 0.6 is 0 Å². The fourth-order valence-corrected chi connectivity index (χ4v) is 3.76. The third-order valence-electron chi connectivity index (χ3n) is 5.29. The molecule has 0 spiro atoms. The third kappa shape index (κ3) is 3.91. The van der Waals surface area contributed by atoms with Gasteiger partial charge in [-0.2, -0.15) is 0 Å². The van der Waals surface area contributed by atoms with E-state index in [2.05, 4.69) is 5.92 Å². The zero-order chi connectivity index (χ0) is 22.8. The van der Waals surface area contributed by atoms with Crippen LogP contribution in [0.15, 0.2) is 71.7 Å². The van der Waals surface area contributed by atoms with Gasteiger partial charge in [0.2, 0.25) is 5.78 Å². The molecule has 3 aromatic carbocycles. The van der Waals surface area contributed by atoms with E-state index in [0.29, 0.717) is 33.2 Å². The highest BCUT2D eigenvalue weighted by atomic mass is 19.1. The number of aryl methyl sites for hydroxylation is 2. The van der Waals surface area contributed by atoms with Crippen LogP contribution in [-0.2, 0) is 18.3 Å². The molecule has 0 saturated heterocycles. The molecule has 0 amide bonds. The number of terminal acetylenes is 1. The number of carbonyl (C=O) groups is 1. The SMILES string of the molecule is C#CC(=O)Cc1cccc(Oc2ccc(C)cc2F)c1-c1cn(C)c(=O)c2ccccc12. The summed E-state index contributed by atoms with van der Waals surface area (Å²) in [6, 6.07) is 17.1. The predicted octanol–water partition coefficient (Wildman–Crippen LogP) is 5.19. The number of hydrogen-bond acceptors (Lipinski definition) is 3. The van der Waals surface area contributed by atoms with E-state index in [1.165, 1.54) is 10.6 Å².